The van der Waals surface area contributed by atoms with Crippen molar-refractivity contribution < 1.29 is 5.11 Å². The van der Waals surface area contributed by atoms with Crippen molar-refractivity contribution in [2.75, 3.05) is 0 Å². The number of nitrogens with zero attached hydrogens (tertiary/aromatic N) is 2. The molecule has 0 aliphatic rings. The zero-order chi connectivity index (χ0) is 11.6. The summed E-state index contributed by atoms with van der Waals surface area (Å²) < 4.78 is 1.89. The van der Waals surface area contributed by atoms with E-state index >= 15 is 0 Å². The average Bonchev–Trinajstić information content (AvgIpc) is 2.39. The first-order chi connectivity index (χ1) is 6.80. The van der Waals surface area contributed by atoms with Crippen LogP contribution in [0.1, 0.15) is 38.6 Å². The Kier molecular flexibility index (Phi) is 3.55. The quantitative estimate of drug-likeness (QED) is 0.829. The first-order valence-electron chi connectivity index (χ1n) is 5.48. The first kappa shape index (κ1) is 12.2. The molecule has 0 amide bonds. The van der Waals surface area contributed by atoms with Crippen LogP contribution in [0.15, 0.2) is 6.07 Å². The Bertz CT molecular complexity index is 323. The molecule has 1 unspecified atom stereocenters. The maximum Gasteiger partial charge on any atom is 0.0596 e. The van der Waals surface area contributed by atoms with Gasteiger partial charge in [-0.1, -0.05) is 20.8 Å². The third-order valence-electron chi connectivity index (χ3n) is 2.77. The Hall–Kier alpha value is -0.830. The van der Waals surface area contributed by atoms with Crippen LogP contribution < -0.4 is 0 Å². The van der Waals surface area contributed by atoms with Crippen LogP contribution in [0.3, 0.4) is 0 Å². The third kappa shape index (κ3) is 3.34. The highest BCUT2D eigenvalue weighted by atomic mass is 16.3. The van der Waals surface area contributed by atoms with Crippen molar-refractivity contribution in [2.24, 2.45) is 12.5 Å². The number of aromatic nitrogens is 2. The molecule has 0 bridgehead atoms. The average molecular weight is 210 g/mol. The fraction of sp³-hybridized carbons (Fsp3) is 0.750. The molecule has 0 aliphatic carbocycles. The number of aryl methyl sites for hydroxylation is 3. The van der Waals surface area contributed by atoms with Crippen LogP contribution in [0, 0.1) is 12.3 Å². The SMILES string of the molecule is Cc1cc(CCC(O)C(C)(C)C)n(C)n1. The van der Waals surface area contributed by atoms with Crippen molar-refractivity contribution in [3.63, 3.8) is 0 Å². The molecule has 1 aromatic heterocycles. The molecule has 1 aromatic rings. The van der Waals surface area contributed by atoms with Gasteiger partial charge < -0.3 is 5.11 Å². The van der Waals surface area contributed by atoms with Crippen LogP contribution in [0.2, 0.25) is 0 Å². The van der Waals surface area contributed by atoms with Crippen LogP contribution in [0.4, 0.5) is 0 Å². The highest BCUT2D eigenvalue weighted by Crippen LogP contribution is 2.22. The zero-order valence-corrected chi connectivity index (χ0v) is 10.4. The summed E-state index contributed by atoms with van der Waals surface area (Å²) >= 11 is 0. The van der Waals surface area contributed by atoms with E-state index < -0.39 is 0 Å². The fourth-order valence-corrected chi connectivity index (χ4v) is 1.62. The van der Waals surface area contributed by atoms with E-state index in [4.69, 9.17) is 0 Å². The number of hydrogen-bond donors (Lipinski definition) is 1. The Balaban J connectivity index is 2.54. The minimum Gasteiger partial charge on any atom is -0.393 e. The molecule has 0 radical (unpaired) electrons. The van der Waals surface area contributed by atoms with Crippen molar-refractivity contribution in [3.8, 4) is 0 Å². The molecule has 1 N–H and O–H groups in total. The van der Waals surface area contributed by atoms with Crippen molar-refractivity contribution in [1.82, 2.24) is 9.78 Å². The van der Waals surface area contributed by atoms with Gasteiger partial charge in [0.2, 0.25) is 0 Å². The normalized spacial score (nSPS) is 14.3. The van der Waals surface area contributed by atoms with Crippen LogP contribution in [0.5, 0.6) is 0 Å². The molecule has 0 saturated heterocycles. The Labute approximate surface area is 92.1 Å². The molecule has 1 heterocycles. The maximum atomic E-state index is 9.92. The van der Waals surface area contributed by atoms with E-state index in [2.05, 4.69) is 31.9 Å². The summed E-state index contributed by atoms with van der Waals surface area (Å²) in [6.45, 7) is 8.17. The Morgan fingerprint density at radius 1 is 1.47 bits per heavy atom. The number of aliphatic hydroxyl groups is 1. The molecule has 0 aliphatic heterocycles. The standard InChI is InChI=1S/C12H22N2O/c1-9-8-10(14(5)13-9)6-7-11(15)12(2,3)4/h8,11,15H,6-7H2,1-5H3. The monoisotopic (exact) mass is 210 g/mol. The lowest BCUT2D eigenvalue weighted by Crippen LogP contribution is -2.26. The second kappa shape index (κ2) is 4.35. The molecule has 3 heteroatoms. The molecule has 3 nitrogen and oxygen atoms in total. The van der Waals surface area contributed by atoms with Gasteiger partial charge in [-0.05, 0) is 31.2 Å². The molecule has 86 valence electrons. The van der Waals surface area contributed by atoms with E-state index in [1.807, 2.05) is 18.7 Å². The molecule has 0 aromatic carbocycles. The third-order valence-corrected chi connectivity index (χ3v) is 2.77. The lowest BCUT2D eigenvalue weighted by atomic mass is 9.86. The van der Waals surface area contributed by atoms with E-state index in [-0.39, 0.29) is 11.5 Å². The summed E-state index contributed by atoms with van der Waals surface area (Å²) in [4.78, 5) is 0. The second-order valence-corrected chi connectivity index (χ2v) is 5.32. The summed E-state index contributed by atoms with van der Waals surface area (Å²) in [6.07, 6.45) is 1.42. The summed E-state index contributed by atoms with van der Waals surface area (Å²) in [5, 5.41) is 14.2. The topological polar surface area (TPSA) is 38.0 Å². The largest absolute Gasteiger partial charge is 0.393 e. The van der Waals surface area contributed by atoms with Crippen molar-refractivity contribution >= 4 is 0 Å². The van der Waals surface area contributed by atoms with E-state index in [9.17, 15) is 5.11 Å². The van der Waals surface area contributed by atoms with Crippen molar-refractivity contribution in [2.45, 2.75) is 46.6 Å². The Morgan fingerprint density at radius 3 is 2.47 bits per heavy atom. The number of hydrogen-bond acceptors (Lipinski definition) is 2. The summed E-state index contributed by atoms with van der Waals surface area (Å²) in [6, 6.07) is 2.08. The van der Waals surface area contributed by atoms with E-state index in [1.54, 1.807) is 0 Å². The first-order valence-corrected chi connectivity index (χ1v) is 5.48. The van der Waals surface area contributed by atoms with Crippen LogP contribution >= 0.6 is 0 Å². The Morgan fingerprint density at radius 2 is 2.07 bits per heavy atom. The maximum absolute atomic E-state index is 9.92. The zero-order valence-electron chi connectivity index (χ0n) is 10.4. The minimum atomic E-state index is -0.257. The second-order valence-electron chi connectivity index (χ2n) is 5.32. The molecule has 15 heavy (non-hydrogen) atoms. The summed E-state index contributed by atoms with van der Waals surface area (Å²) in [5.74, 6) is 0. The van der Waals surface area contributed by atoms with Gasteiger partial charge in [0.25, 0.3) is 0 Å². The van der Waals surface area contributed by atoms with Crippen LogP contribution in [-0.2, 0) is 13.5 Å². The molecule has 0 fully saturated rings. The smallest absolute Gasteiger partial charge is 0.0596 e. The van der Waals surface area contributed by atoms with E-state index in [0.29, 0.717) is 0 Å². The van der Waals surface area contributed by atoms with Crippen LogP contribution in [0.25, 0.3) is 0 Å². The van der Waals surface area contributed by atoms with Crippen molar-refractivity contribution in [3.05, 3.63) is 17.5 Å². The van der Waals surface area contributed by atoms with Gasteiger partial charge in [0.1, 0.15) is 0 Å². The fourth-order valence-electron chi connectivity index (χ4n) is 1.62. The minimum absolute atomic E-state index is 0.0341. The van der Waals surface area contributed by atoms with Gasteiger partial charge in [0, 0.05) is 12.7 Å². The highest BCUT2D eigenvalue weighted by molar-refractivity contribution is 5.08. The molecular weight excluding hydrogens is 188 g/mol. The van der Waals surface area contributed by atoms with Gasteiger partial charge in [0.15, 0.2) is 0 Å². The van der Waals surface area contributed by atoms with Gasteiger partial charge in [0.05, 0.1) is 11.8 Å². The lowest BCUT2D eigenvalue weighted by molar-refractivity contribution is 0.0556. The predicted molar refractivity (Wildman–Crippen MR) is 61.7 cm³/mol. The lowest BCUT2D eigenvalue weighted by Gasteiger charge is -2.25. The molecule has 0 saturated carbocycles. The molecule has 0 spiro atoms. The van der Waals surface area contributed by atoms with Crippen molar-refractivity contribution in [1.29, 1.82) is 0 Å². The van der Waals surface area contributed by atoms with Gasteiger partial charge in [-0.2, -0.15) is 5.10 Å². The van der Waals surface area contributed by atoms with Crippen LogP contribution in [-0.4, -0.2) is 21.0 Å². The van der Waals surface area contributed by atoms with Gasteiger partial charge >= 0.3 is 0 Å². The molecule has 1 atom stereocenters. The predicted octanol–water partition coefficient (Wildman–Crippen LogP) is 2.07. The molecule has 1 rings (SSSR count). The van der Waals surface area contributed by atoms with Gasteiger partial charge in [-0.25, -0.2) is 0 Å². The summed E-state index contributed by atoms with van der Waals surface area (Å²) in [5.41, 5.74) is 2.20. The van der Waals surface area contributed by atoms with E-state index in [0.717, 1.165) is 18.5 Å². The van der Waals surface area contributed by atoms with E-state index in [1.165, 1.54) is 5.69 Å². The van der Waals surface area contributed by atoms with Gasteiger partial charge in [-0.15, -0.1) is 0 Å². The summed E-state index contributed by atoms with van der Waals surface area (Å²) in [7, 11) is 1.95. The number of rotatable bonds is 3. The number of aliphatic hydroxyl groups excluding tert-OH is 1. The van der Waals surface area contributed by atoms with Gasteiger partial charge in [-0.3, -0.25) is 4.68 Å². The highest BCUT2D eigenvalue weighted by Gasteiger charge is 2.21. The molecular formula is C12H22N2O.